The van der Waals surface area contributed by atoms with E-state index in [4.69, 9.17) is 14.2 Å². The fourth-order valence-electron chi connectivity index (χ4n) is 2.72. The molecule has 3 rings (SSSR count). The van der Waals surface area contributed by atoms with Crippen LogP contribution in [0.25, 0.3) is 6.08 Å². The summed E-state index contributed by atoms with van der Waals surface area (Å²) in [6, 6.07) is 15.6. The number of benzene rings is 2. The Morgan fingerprint density at radius 3 is 2.38 bits per heavy atom. The lowest BCUT2D eigenvalue weighted by atomic mass is 10.2. The number of sulfonamides is 1. The number of hydrogen-bond donors (Lipinski definition) is 0. The van der Waals surface area contributed by atoms with E-state index in [9.17, 15) is 13.2 Å². The van der Waals surface area contributed by atoms with Gasteiger partial charge in [0.25, 0.3) is 0 Å². The summed E-state index contributed by atoms with van der Waals surface area (Å²) < 4.78 is 42.3. The van der Waals surface area contributed by atoms with Gasteiger partial charge in [0, 0.05) is 19.2 Å². The molecule has 2 aromatic carbocycles. The second-order valence-corrected chi connectivity index (χ2v) is 8.19. The highest BCUT2D eigenvalue weighted by atomic mass is 32.2. The number of ether oxygens (including phenoxy) is 3. The second-order valence-electron chi connectivity index (χ2n) is 6.25. The largest absolute Gasteiger partial charge is 0.490 e. The monoisotopic (exact) mass is 417 g/mol. The molecule has 0 N–H and O–H groups in total. The van der Waals surface area contributed by atoms with Crippen molar-refractivity contribution in [3.8, 4) is 5.75 Å². The molecule has 1 saturated heterocycles. The van der Waals surface area contributed by atoms with Crippen molar-refractivity contribution in [3.05, 3.63) is 66.2 Å². The normalized spacial score (nSPS) is 15.3. The number of rotatable bonds is 8. The number of nitrogens with zero attached hydrogens (tertiary/aromatic N) is 1. The molecule has 1 heterocycles. The summed E-state index contributed by atoms with van der Waals surface area (Å²) in [6.45, 7) is 1.90. The lowest BCUT2D eigenvalue weighted by molar-refractivity contribution is -0.138. The van der Waals surface area contributed by atoms with Gasteiger partial charge in [-0.1, -0.05) is 30.3 Å². The first-order valence-electron chi connectivity index (χ1n) is 9.26. The van der Waals surface area contributed by atoms with Crippen molar-refractivity contribution >= 4 is 22.1 Å². The Morgan fingerprint density at radius 1 is 1.00 bits per heavy atom. The lowest BCUT2D eigenvalue weighted by Crippen LogP contribution is -2.40. The summed E-state index contributed by atoms with van der Waals surface area (Å²) in [5.74, 6) is 0.220. The van der Waals surface area contributed by atoms with Crippen LogP contribution in [-0.2, 0) is 24.3 Å². The number of carbonyl (C=O) groups excluding carboxylic acids is 1. The van der Waals surface area contributed by atoms with Gasteiger partial charge in [-0.2, -0.15) is 4.31 Å². The van der Waals surface area contributed by atoms with Gasteiger partial charge in [0.15, 0.2) is 0 Å². The summed E-state index contributed by atoms with van der Waals surface area (Å²) >= 11 is 0. The second kappa shape index (κ2) is 10.2. The SMILES string of the molecule is O=C(/C=C/c1ccc(S(=O)(=O)N2CCOCC2)cc1)OCCOc1ccccc1. The fraction of sp³-hybridized carbons (Fsp3) is 0.286. The van der Waals surface area contributed by atoms with E-state index in [0.717, 1.165) is 0 Å². The van der Waals surface area contributed by atoms with Crippen LogP contribution in [0.1, 0.15) is 5.56 Å². The molecule has 1 fully saturated rings. The van der Waals surface area contributed by atoms with E-state index in [1.54, 1.807) is 18.2 Å². The number of hydrogen-bond acceptors (Lipinski definition) is 6. The predicted octanol–water partition coefficient (Wildman–Crippen LogP) is 2.34. The molecule has 154 valence electrons. The van der Waals surface area contributed by atoms with E-state index < -0.39 is 16.0 Å². The summed E-state index contributed by atoms with van der Waals surface area (Å²) in [7, 11) is -3.52. The Balaban J connectivity index is 1.47. The molecule has 0 aromatic heterocycles. The minimum Gasteiger partial charge on any atom is -0.490 e. The van der Waals surface area contributed by atoms with Crippen LogP contribution < -0.4 is 4.74 Å². The van der Waals surface area contributed by atoms with Gasteiger partial charge in [0.1, 0.15) is 19.0 Å². The smallest absolute Gasteiger partial charge is 0.330 e. The Labute approximate surface area is 170 Å². The van der Waals surface area contributed by atoms with Crippen molar-refractivity contribution < 1.29 is 27.4 Å². The number of carbonyl (C=O) groups is 1. The Morgan fingerprint density at radius 2 is 1.69 bits per heavy atom. The van der Waals surface area contributed by atoms with Crippen molar-refractivity contribution in [3.63, 3.8) is 0 Å². The van der Waals surface area contributed by atoms with Gasteiger partial charge in [-0.3, -0.25) is 0 Å². The maximum Gasteiger partial charge on any atom is 0.330 e. The van der Waals surface area contributed by atoms with Crippen LogP contribution in [0, 0.1) is 0 Å². The van der Waals surface area contributed by atoms with Gasteiger partial charge in [-0.05, 0) is 35.9 Å². The van der Waals surface area contributed by atoms with Crippen LogP contribution >= 0.6 is 0 Å². The van der Waals surface area contributed by atoms with Crippen molar-refractivity contribution in [1.82, 2.24) is 4.31 Å². The maximum absolute atomic E-state index is 12.6. The van der Waals surface area contributed by atoms with E-state index in [1.165, 1.54) is 22.5 Å². The van der Waals surface area contributed by atoms with Crippen LogP contribution in [0.4, 0.5) is 0 Å². The van der Waals surface area contributed by atoms with E-state index in [1.807, 2.05) is 30.3 Å². The molecule has 0 saturated carbocycles. The Hall–Kier alpha value is -2.68. The first-order valence-corrected chi connectivity index (χ1v) is 10.7. The minimum atomic E-state index is -3.52. The number of para-hydroxylation sites is 1. The topological polar surface area (TPSA) is 82.1 Å². The van der Waals surface area contributed by atoms with Crippen molar-refractivity contribution in [2.75, 3.05) is 39.5 Å². The zero-order chi connectivity index (χ0) is 20.5. The summed E-state index contributed by atoms with van der Waals surface area (Å²) in [6.07, 6.45) is 2.87. The molecule has 0 bridgehead atoms. The van der Waals surface area contributed by atoms with Crippen LogP contribution in [0.2, 0.25) is 0 Å². The van der Waals surface area contributed by atoms with Crippen LogP contribution in [0.15, 0.2) is 65.6 Å². The van der Waals surface area contributed by atoms with Crippen molar-refractivity contribution in [2.24, 2.45) is 0 Å². The van der Waals surface area contributed by atoms with Gasteiger partial charge >= 0.3 is 5.97 Å². The predicted molar refractivity (Wildman–Crippen MR) is 108 cm³/mol. The lowest BCUT2D eigenvalue weighted by Gasteiger charge is -2.26. The maximum atomic E-state index is 12.6. The van der Waals surface area contributed by atoms with Gasteiger partial charge < -0.3 is 14.2 Å². The highest BCUT2D eigenvalue weighted by Gasteiger charge is 2.25. The molecular formula is C21H23NO6S. The third kappa shape index (κ3) is 6.15. The standard InChI is InChI=1S/C21H23NO6S/c23-21(28-17-16-27-19-4-2-1-3-5-19)11-8-18-6-9-20(10-7-18)29(24,25)22-12-14-26-15-13-22/h1-11H,12-17H2/b11-8+. The summed E-state index contributed by atoms with van der Waals surface area (Å²) in [5.41, 5.74) is 0.698. The number of morpholine rings is 1. The molecule has 0 amide bonds. The van der Waals surface area contributed by atoms with Crippen molar-refractivity contribution in [2.45, 2.75) is 4.90 Å². The fourth-order valence-corrected chi connectivity index (χ4v) is 4.13. The third-order valence-electron chi connectivity index (χ3n) is 4.24. The van der Waals surface area contributed by atoms with Gasteiger partial charge in [0.2, 0.25) is 10.0 Å². The summed E-state index contributed by atoms with van der Waals surface area (Å²) in [4.78, 5) is 12.0. The molecular weight excluding hydrogens is 394 g/mol. The zero-order valence-corrected chi connectivity index (χ0v) is 16.7. The molecule has 0 spiro atoms. The molecule has 8 heteroatoms. The Bertz CT molecular complexity index is 919. The quantitative estimate of drug-likeness (QED) is 0.373. The number of esters is 1. The third-order valence-corrected chi connectivity index (χ3v) is 6.15. The average molecular weight is 417 g/mol. The molecule has 0 atom stereocenters. The molecule has 1 aliphatic heterocycles. The molecule has 0 radical (unpaired) electrons. The molecule has 0 unspecified atom stereocenters. The van der Waals surface area contributed by atoms with Gasteiger partial charge in [0.05, 0.1) is 18.1 Å². The van der Waals surface area contributed by atoms with E-state index in [0.29, 0.717) is 37.6 Å². The van der Waals surface area contributed by atoms with Crippen molar-refractivity contribution in [1.29, 1.82) is 0 Å². The minimum absolute atomic E-state index is 0.134. The first-order chi connectivity index (χ1) is 14.1. The average Bonchev–Trinajstić information content (AvgIpc) is 2.77. The first kappa shape index (κ1) is 21.0. The van der Waals surface area contributed by atoms with Gasteiger partial charge in [-0.25, -0.2) is 13.2 Å². The van der Waals surface area contributed by atoms with Crippen LogP contribution in [0.5, 0.6) is 5.75 Å². The van der Waals surface area contributed by atoms with E-state index in [-0.39, 0.29) is 18.1 Å². The highest BCUT2D eigenvalue weighted by molar-refractivity contribution is 7.89. The molecule has 29 heavy (non-hydrogen) atoms. The van der Waals surface area contributed by atoms with Crippen LogP contribution in [0.3, 0.4) is 0 Å². The Kier molecular flexibility index (Phi) is 7.40. The van der Waals surface area contributed by atoms with Crippen LogP contribution in [-0.4, -0.2) is 58.2 Å². The summed E-state index contributed by atoms with van der Waals surface area (Å²) in [5, 5.41) is 0. The van der Waals surface area contributed by atoms with E-state index >= 15 is 0 Å². The zero-order valence-electron chi connectivity index (χ0n) is 15.9. The highest BCUT2D eigenvalue weighted by Crippen LogP contribution is 2.18. The molecule has 1 aliphatic rings. The molecule has 7 nitrogen and oxygen atoms in total. The molecule has 2 aromatic rings. The molecule has 0 aliphatic carbocycles. The van der Waals surface area contributed by atoms with Gasteiger partial charge in [-0.15, -0.1) is 0 Å². The van der Waals surface area contributed by atoms with E-state index in [2.05, 4.69) is 0 Å².